The van der Waals surface area contributed by atoms with Gasteiger partial charge in [-0.1, -0.05) is 11.8 Å². The van der Waals surface area contributed by atoms with Crippen molar-refractivity contribution in [3.05, 3.63) is 53.9 Å². The van der Waals surface area contributed by atoms with Crippen molar-refractivity contribution in [2.24, 2.45) is 0 Å². The molecule has 0 aliphatic heterocycles. The molecule has 1 aromatic heterocycles. The molecule has 2 aromatic carbocycles. The molecule has 162 valence electrons. The number of anilines is 1. The maximum absolute atomic E-state index is 12.3. The summed E-state index contributed by atoms with van der Waals surface area (Å²) >= 11 is 1.48. The Morgan fingerprint density at radius 1 is 1.06 bits per heavy atom. The molecule has 0 saturated carbocycles. The van der Waals surface area contributed by atoms with Crippen molar-refractivity contribution in [2.75, 3.05) is 32.4 Å². The second-order valence-corrected chi connectivity index (χ2v) is 7.08. The van der Waals surface area contributed by atoms with Crippen molar-refractivity contribution in [1.29, 1.82) is 0 Å². The van der Waals surface area contributed by atoms with Crippen LogP contribution in [0.1, 0.15) is 16.2 Å². The van der Waals surface area contributed by atoms with E-state index in [-0.39, 0.29) is 0 Å². The Bertz CT molecular complexity index is 1080. The summed E-state index contributed by atoms with van der Waals surface area (Å²) in [4.78, 5) is 24.5. The molecule has 0 unspecified atom stereocenters. The zero-order chi connectivity index (χ0) is 22.4. The zero-order valence-electron chi connectivity index (χ0n) is 17.5. The van der Waals surface area contributed by atoms with E-state index in [4.69, 9.17) is 14.2 Å². The van der Waals surface area contributed by atoms with Crippen LogP contribution in [-0.2, 0) is 9.53 Å². The van der Waals surface area contributed by atoms with Gasteiger partial charge in [0, 0.05) is 11.8 Å². The number of amides is 1. The number of thioether (sulfide) groups is 1. The van der Waals surface area contributed by atoms with Crippen LogP contribution < -0.4 is 14.8 Å². The molecule has 31 heavy (non-hydrogen) atoms. The number of hydrogen-bond acceptors (Lipinski definition) is 8. The average Bonchev–Trinajstić information content (AvgIpc) is 3.18. The molecule has 0 atom stereocenters. The molecule has 10 heteroatoms. The molecule has 0 aliphatic rings. The lowest BCUT2D eigenvalue weighted by atomic mass is 10.2. The van der Waals surface area contributed by atoms with E-state index in [1.165, 1.54) is 26.0 Å². The Hall–Kier alpha value is -3.53. The first-order valence-corrected chi connectivity index (χ1v) is 10.4. The van der Waals surface area contributed by atoms with E-state index in [0.29, 0.717) is 22.7 Å². The predicted molar refractivity (Wildman–Crippen MR) is 116 cm³/mol. The standard InChI is InChI=1S/C21H22N4O5S/c1-13-23-24-21(31-4)25(13)15-7-5-14(6-8-15)20(27)30-12-19(26)22-17-10-9-16(28-2)11-18(17)29-3/h5-11H,12H2,1-4H3,(H,22,26). The number of aryl methyl sites for hydroxylation is 1. The summed E-state index contributed by atoms with van der Waals surface area (Å²) in [6, 6.07) is 11.8. The van der Waals surface area contributed by atoms with Gasteiger partial charge in [0.2, 0.25) is 0 Å². The molecular weight excluding hydrogens is 420 g/mol. The first-order chi connectivity index (χ1) is 15.0. The molecule has 1 heterocycles. The van der Waals surface area contributed by atoms with Crippen LogP contribution in [0.4, 0.5) is 5.69 Å². The van der Waals surface area contributed by atoms with Crippen LogP contribution in [0.2, 0.25) is 0 Å². The molecule has 0 saturated heterocycles. The van der Waals surface area contributed by atoms with Crippen LogP contribution in [0.3, 0.4) is 0 Å². The van der Waals surface area contributed by atoms with Gasteiger partial charge >= 0.3 is 5.97 Å². The summed E-state index contributed by atoms with van der Waals surface area (Å²) in [5.74, 6) is 0.678. The average molecular weight is 442 g/mol. The van der Waals surface area contributed by atoms with E-state index >= 15 is 0 Å². The fraction of sp³-hybridized carbons (Fsp3) is 0.238. The second kappa shape index (κ2) is 9.98. The highest BCUT2D eigenvalue weighted by Crippen LogP contribution is 2.29. The van der Waals surface area contributed by atoms with E-state index in [0.717, 1.165) is 16.7 Å². The van der Waals surface area contributed by atoms with Crippen LogP contribution in [0.5, 0.6) is 11.5 Å². The number of hydrogen-bond donors (Lipinski definition) is 1. The number of carbonyl (C=O) groups is 2. The van der Waals surface area contributed by atoms with Gasteiger partial charge in [-0.05, 0) is 49.6 Å². The fourth-order valence-corrected chi connectivity index (χ4v) is 3.36. The van der Waals surface area contributed by atoms with Gasteiger partial charge in [-0.2, -0.15) is 0 Å². The minimum Gasteiger partial charge on any atom is -0.497 e. The lowest BCUT2D eigenvalue weighted by molar-refractivity contribution is -0.119. The van der Waals surface area contributed by atoms with Crippen LogP contribution >= 0.6 is 11.8 Å². The minimum atomic E-state index is -0.603. The van der Waals surface area contributed by atoms with Crippen molar-refractivity contribution in [3.63, 3.8) is 0 Å². The normalized spacial score (nSPS) is 10.5. The molecule has 3 aromatic rings. The maximum Gasteiger partial charge on any atom is 0.338 e. The number of nitrogens with one attached hydrogen (secondary N) is 1. The van der Waals surface area contributed by atoms with Gasteiger partial charge in [0.25, 0.3) is 5.91 Å². The lowest BCUT2D eigenvalue weighted by Gasteiger charge is -2.12. The molecule has 3 rings (SSSR count). The highest BCUT2D eigenvalue weighted by Gasteiger charge is 2.14. The van der Waals surface area contributed by atoms with Gasteiger partial charge in [0.15, 0.2) is 11.8 Å². The third-order valence-electron chi connectivity index (χ3n) is 4.36. The number of esters is 1. The van der Waals surface area contributed by atoms with Crippen molar-refractivity contribution in [2.45, 2.75) is 12.1 Å². The van der Waals surface area contributed by atoms with Crippen molar-refractivity contribution in [3.8, 4) is 17.2 Å². The summed E-state index contributed by atoms with van der Waals surface area (Å²) in [5, 5.41) is 11.6. The van der Waals surface area contributed by atoms with Gasteiger partial charge in [0.05, 0.1) is 25.5 Å². The highest BCUT2D eigenvalue weighted by molar-refractivity contribution is 7.98. The van der Waals surface area contributed by atoms with E-state index < -0.39 is 18.5 Å². The van der Waals surface area contributed by atoms with Crippen molar-refractivity contribution >= 4 is 29.3 Å². The van der Waals surface area contributed by atoms with E-state index in [1.54, 1.807) is 42.5 Å². The third kappa shape index (κ3) is 5.15. The Kier molecular flexibility index (Phi) is 7.14. The highest BCUT2D eigenvalue weighted by atomic mass is 32.2. The van der Waals surface area contributed by atoms with Crippen LogP contribution in [0, 0.1) is 6.92 Å². The molecule has 1 N–H and O–H groups in total. The third-order valence-corrected chi connectivity index (χ3v) is 4.99. The number of ether oxygens (including phenoxy) is 3. The van der Waals surface area contributed by atoms with Crippen LogP contribution in [-0.4, -0.2) is 53.7 Å². The van der Waals surface area contributed by atoms with Crippen LogP contribution in [0.15, 0.2) is 47.6 Å². The number of nitrogens with zero attached hydrogens (tertiary/aromatic N) is 3. The maximum atomic E-state index is 12.3. The summed E-state index contributed by atoms with van der Waals surface area (Å²) < 4.78 is 17.4. The molecule has 0 radical (unpaired) electrons. The molecule has 9 nitrogen and oxygen atoms in total. The van der Waals surface area contributed by atoms with Gasteiger partial charge in [-0.3, -0.25) is 9.36 Å². The zero-order valence-corrected chi connectivity index (χ0v) is 18.4. The van der Waals surface area contributed by atoms with Gasteiger partial charge in [0.1, 0.15) is 17.3 Å². The number of methoxy groups -OCH3 is 2. The summed E-state index contributed by atoms with van der Waals surface area (Å²) in [6.07, 6.45) is 1.91. The number of benzene rings is 2. The summed E-state index contributed by atoms with van der Waals surface area (Å²) in [5.41, 5.74) is 1.60. The fourth-order valence-electron chi connectivity index (χ4n) is 2.82. The first-order valence-electron chi connectivity index (χ1n) is 9.22. The summed E-state index contributed by atoms with van der Waals surface area (Å²) in [6.45, 7) is 1.42. The molecular formula is C21H22N4O5S. The predicted octanol–water partition coefficient (Wildman–Crippen LogP) is 3.11. The largest absolute Gasteiger partial charge is 0.497 e. The molecule has 0 bridgehead atoms. The number of carbonyl (C=O) groups excluding carboxylic acids is 2. The number of aromatic nitrogens is 3. The summed E-state index contributed by atoms with van der Waals surface area (Å²) in [7, 11) is 3.02. The van der Waals surface area contributed by atoms with Gasteiger partial charge in [-0.25, -0.2) is 4.79 Å². The van der Waals surface area contributed by atoms with Gasteiger partial charge < -0.3 is 19.5 Å². The first kappa shape index (κ1) is 22.2. The SMILES string of the molecule is COc1ccc(NC(=O)COC(=O)c2ccc(-n3c(C)nnc3SC)cc2)c(OC)c1. The van der Waals surface area contributed by atoms with E-state index in [1.807, 2.05) is 17.7 Å². The smallest absolute Gasteiger partial charge is 0.338 e. The number of rotatable bonds is 8. The molecule has 1 amide bonds. The van der Waals surface area contributed by atoms with Crippen molar-refractivity contribution in [1.82, 2.24) is 14.8 Å². The molecule has 0 fully saturated rings. The van der Waals surface area contributed by atoms with E-state index in [9.17, 15) is 9.59 Å². The van der Waals surface area contributed by atoms with Crippen LogP contribution in [0.25, 0.3) is 5.69 Å². The lowest BCUT2D eigenvalue weighted by Crippen LogP contribution is -2.21. The second-order valence-electron chi connectivity index (χ2n) is 6.31. The molecule has 0 aliphatic carbocycles. The topological polar surface area (TPSA) is 105 Å². The Balaban J connectivity index is 1.61. The minimum absolute atomic E-state index is 0.329. The van der Waals surface area contributed by atoms with E-state index in [2.05, 4.69) is 15.5 Å². The monoisotopic (exact) mass is 442 g/mol. The Morgan fingerprint density at radius 3 is 2.45 bits per heavy atom. The quantitative estimate of drug-likeness (QED) is 0.419. The van der Waals surface area contributed by atoms with Crippen molar-refractivity contribution < 1.29 is 23.8 Å². The Labute approximate surface area is 183 Å². The Morgan fingerprint density at radius 2 is 1.81 bits per heavy atom. The van der Waals surface area contributed by atoms with Gasteiger partial charge in [-0.15, -0.1) is 10.2 Å². The molecule has 0 spiro atoms.